The lowest BCUT2D eigenvalue weighted by molar-refractivity contribution is -0.146. The largest absolute Gasteiger partial charge is 0.515 e. The van der Waals surface area contributed by atoms with Crippen LogP contribution in [-0.2, 0) is 19.1 Å². The molecule has 2 fully saturated rings. The number of Topliss-reactive ketones (excluding diaryl/α,β-unsaturated/α-hetero) is 1. The molecule has 8 bridgehead atoms. The van der Waals surface area contributed by atoms with E-state index in [2.05, 4.69) is 11.9 Å². The Morgan fingerprint density at radius 2 is 1.84 bits per heavy atom. The molecule has 10 heteroatoms. The van der Waals surface area contributed by atoms with Crippen LogP contribution in [0, 0.1) is 17.8 Å². The third kappa shape index (κ3) is 4.54. The molecule has 5 heterocycles. The Morgan fingerprint density at radius 1 is 1.09 bits per heavy atom. The molecular formula is C35H34N4O6. The highest BCUT2D eigenvalue weighted by Crippen LogP contribution is 2.47. The summed E-state index contributed by atoms with van der Waals surface area (Å²) in [6.07, 6.45) is 9.09. The number of rotatable bonds is 6. The van der Waals surface area contributed by atoms with Gasteiger partial charge in [-0.3, -0.25) is 14.4 Å². The number of aliphatic hydroxyl groups is 1. The summed E-state index contributed by atoms with van der Waals surface area (Å²) in [6, 6.07) is 0. The maximum atomic E-state index is 14.0. The van der Waals surface area contributed by atoms with E-state index in [1.54, 1.807) is 19.1 Å². The lowest BCUT2D eigenvalue weighted by Crippen LogP contribution is -2.26. The Kier molecular flexibility index (Phi) is 7.39. The number of carbonyl (C=O) groups is 3. The van der Waals surface area contributed by atoms with Crippen molar-refractivity contribution in [1.82, 2.24) is 5.32 Å². The van der Waals surface area contributed by atoms with Gasteiger partial charge in [-0.2, -0.15) is 0 Å². The van der Waals surface area contributed by atoms with Crippen LogP contribution >= 0.6 is 0 Å². The summed E-state index contributed by atoms with van der Waals surface area (Å²) in [5.74, 6) is -3.83. The van der Waals surface area contributed by atoms with Crippen LogP contribution in [0.15, 0.2) is 120 Å². The van der Waals surface area contributed by atoms with Crippen molar-refractivity contribution in [3.63, 3.8) is 0 Å². The van der Waals surface area contributed by atoms with E-state index in [9.17, 15) is 24.6 Å². The minimum absolute atomic E-state index is 0.0981. The molecule has 3 unspecified atom stereocenters. The molecule has 3 N–H and O–H groups in total. The zero-order valence-corrected chi connectivity index (χ0v) is 25.8. The number of hydrogen-bond acceptors (Lipinski definition) is 9. The number of aliphatic hydroxyl groups excluding tert-OH is 1. The fraction of sp³-hybridized carbons (Fsp3) is 0.314. The Labute approximate surface area is 260 Å². The topological polar surface area (TPSA) is 150 Å². The molecule has 0 aromatic carbocycles. The van der Waals surface area contributed by atoms with Gasteiger partial charge in [0.05, 0.1) is 47.6 Å². The van der Waals surface area contributed by atoms with E-state index in [0.29, 0.717) is 68.6 Å². The molecule has 0 amide bonds. The molecule has 0 aromatic rings. The monoisotopic (exact) mass is 606 g/mol. The maximum absolute atomic E-state index is 14.0. The summed E-state index contributed by atoms with van der Waals surface area (Å²) in [6.45, 7) is 11.7. The second kappa shape index (κ2) is 11.1. The van der Waals surface area contributed by atoms with Gasteiger partial charge < -0.3 is 20.3 Å². The number of ether oxygens (including phenoxy) is 1. The van der Waals surface area contributed by atoms with E-state index < -0.39 is 23.6 Å². The highest BCUT2D eigenvalue weighted by atomic mass is 16.5. The number of fused-ring (bicyclic) bond motifs is 5. The van der Waals surface area contributed by atoms with Crippen LogP contribution in [-0.4, -0.2) is 52.2 Å². The Bertz CT molecular complexity index is 1870. The third-order valence-electron chi connectivity index (χ3n) is 9.40. The summed E-state index contributed by atoms with van der Waals surface area (Å²) >= 11 is 0. The molecule has 6 rings (SSSR count). The van der Waals surface area contributed by atoms with Crippen LogP contribution in [0.25, 0.3) is 0 Å². The van der Waals surface area contributed by atoms with Gasteiger partial charge in [0.25, 0.3) is 0 Å². The number of ketones is 1. The first-order valence-electron chi connectivity index (χ1n) is 14.9. The summed E-state index contributed by atoms with van der Waals surface area (Å²) in [4.78, 5) is 53.6. The summed E-state index contributed by atoms with van der Waals surface area (Å²) in [7, 11) is 1.24. The number of aliphatic carboxylic acids is 1. The highest BCUT2D eigenvalue weighted by Gasteiger charge is 2.51. The van der Waals surface area contributed by atoms with Crippen molar-refractivity contribution in [2.24, 2.45) is 32.7 Å². The Balaban J connectivity index is 1.69. The standard InChI is InChI=1S/C35H34N4O6/c1-7-18-15(3)22-11-23-16(4)20(9-10-28(41)42)32(38-23)30-31(35(44)45-6)34(43)29-17(5)24(39-33(29)30)12-26-19(8-2)21(14-40)27(37-26)13-25(18)36-22/h7,11-14,16,20,31,38,40H,1,8-10H2,2-6H3,(H,41,42)/b21-14+,23-11?,24-12?,25-13?,32-30?. The maximum Gasteiger partial charge on any atom is 0.321 e. The third-order valence-corrected chi connectivity index (χ3v) is 9.40. The second-order valence-corrected chi connectivity index (χ2v) is 11.7. The quantitative estimate of drug-likeness (QED) is 0.211. The number of carboxylic acids is 1. The summed E-state index contributed by atoms with van der Waals surface area (Å²) in [5, 5.41) is 23.4. The molecule has 5 aliphatic heterocycles. The van der Waals surface area contributed by atoms with Crippen LogP contribution < -0.4 is 5.32 Å². The van der Waals surface area contributed by atoms with Crippen LogP contribution in [0.3, 0.4) is 0 Å². The molecule has 1 saturated carbocycles. The first-order chi connectivity index (χ1) is 21.5. The molecule has 1 aliphatic carbocycles. The first kappa shape index (κ1) is 29.9. The van der Waals surface area contributed by atoms with E-state index in [4.69, 9.17) is 19.7 Å². The number of nitrogens with one attached hydrogen (secondary N) is 1. The number of nitrogens with zero attached hydrogens (tertiary/aromatic N) is 3. The zero-order valence-electron chi connectivity index (χ0n) is 25.8. The van der Waals surface area contributed by atoms with Crippen molar-refractivity contribution in [2.75, 3.05) is 7.11 Å². The van der Waals surface area contributed by atoms with E-state index in [-0.39, 0.29) is 24.7 Å². The fourth-order valence-corrected chi connectivity index (χ4v) is 6.99. The minimum atomic E-state index is -1.24. The second-order valence-electron chi connectivity index (χ2n) is 11.7. The van der Waals surface area contributed by atoms with E-state index in [0.717, 1.165) is 28.7 Å². The number of methoxy groups -OCH3 is 1. The number of hydrogen-bond donors (Lipinski definition) is 3. The van der Waals surface area contributed by atoms with Gasteiger partial charge in [0, 0.05) is 51.9 Å². The predicted molar refractivity (Wildman–Crippen MR) is 170 cm³/mol. The van der Waals surface area contributed by atoms with Gasteiger partial charge in [-0.15, -0.1) is 0 Å². The van der Waals surface area contributed by atoms with Crippen molar-refractivity contribution < 1.29 is 29.3 Å². The predicted octanol–water partition coefficient (Wildman–Crippen LogP) is 5.29. The van der Waals surface area contributed by atoms with Gasteiger partial charge in [-0.25, -0.2) is 15.0 Å². The molecule has 0 radical (unpaired) electrons. The summed E-state index contributed by atoms with van der Waals surface area (Å²) < 4.78 is 5.11. The average molecular weight is 607 g/mol. The molecule has 10 nitrogen and oxygen atoms in total. The van der Waals surface area contributed by atoms with E-state index in [1.807, 2.05) is 32.9 Å². The van der Waals surface area contributed by atoms with Crippen LogP contribution in [0.1, 0.15) is 47.0 Å². The van der Waals surface area contributed by atoms with Gasteiger partial charge in [0.2, 0.25) is 0 Å². The Hall–Kier alpha value is -5.12. The number of carboxylic acid groups (broad SMARTS) is 1. The average Bonchev–Trinajstić information content (AvgIpc) is 3.76. The molecule has 3 atom stereocenters. The van der Waals surface area contributed by atoms with Crippen molar-refractivity contribution in [2.45, 2.75) is 47.0 Å². The zero-order chi connectivity index (χ0) is 32.3. The molecule has 1 saturated heterocycles. The van der Waals surface area contributed by atoms with Gasteiger partial charge in [-0.1, -0.05) is 26.5 Å². The van der Waals surface area contributed by atoms with E-state index in [1.165, 1.54) is 7.11 Å². The molecule has 0 aromatic heterocycles. The summed E-state index contributed by atoms with van der Waals surface area (Å²) in [5.41, 5.74) is 9.16. The first-order valence-corrected chi connectivity index (χ1v) is 14.9. The molecule has 0 spiro atoms. The fourth-order valence-electron chi connectivity index (χ4n) is 6.99. The van der Waals surface area contributed by atoms with Crippen molar-refractivity contribution in [3.8, 4) is 0 Å². The SMILES string of the molecule is C=CC1=C(C)C2=NC1=CC1=NC(=C(CC)/C1=C\O)C=C1N=C3C(=C1C)C(=O)C(C(=O)OC)C3=C1NC(=C2)C(C)C1CCC(=O)O. The lowest BCUT2D eigenvalue weighted by atomic mass is 9.85. The lowest BCUT2D eigenvalue weighted by Gasteiger charge is -2.18. The number of carbonyl (C=O) groups excluding carboxylic acids is 2. The van der Waals surface area contributed by atoms with Crippen molar-refractivity contribution in [3.05, 3.63) is 105 Å². The van der Waals surface area contributed by atoms with Crippen LogP contribution in [0.5, 0.6) is 0 Å². The molecular weight excluding hydrogens is 572 g/mol. The van der Waals surface area contributed by atoms with Gasteiger partial charge in [0.1, 0.15) is 5.92 Å². The molecule has 230 valence electrons. The Morgan fingerprint density at radius 3 is 2.49 bits per heavy atom. The molecule has 45 heavy (non-hydrogen) atoms. The van der Waals surface area contributed by atoms with Gasteiger partial charge in [-0.05, 0) is 61.6 Å². The minimum Gasteiger partial charge on any atom is -0.515 e. The number of esters is 1. The smallest absolute Gasteiger partial charge is 0.321 e. The normalized spacial score (nSPS) is 26.2. The highest BCUT2D eigenvalue weighted by molar-refractivity contribution is 6.42. The number of aliphatic imine (C=N–C) groups is 3. The van der Waals surface area contributed by atoms with Crippen LogP contribution in [0.4, 0.5) is 0 Å². The molecule has 6 aliphatic rings. The number of allylic oxidation sites excluding steroid dienone is 11. The van der Waals surface area contributed by atoms with Crippen molar-refractivity contribution in [1.29, 1.82) is 0 Å². The van der Waals surface area contributed by atoms with E-state index >= 15 is 0 Å². The van der Waals surface area contributed by atoms with Crippen LogP contribution in [0.2, 0.25) is 0 Å². The van der Waals surface area contributed by atoms with Gasteiger partial charge >= 0.3 is 11.9 Å². The van der Waals surface area contributed by atoms with Gasteiger partial charge in [0.15, 0.2) is 5.78 Å². The van der Waals surface area contributed by atoms with Crippen molar-refractivity contribution >= 4 is 34.9 Å².